The Bertz CT molecular complexity index is 890. The summed E-state index contributed by atoms with van der Waals surface area (Å²) < 4.78 is 5.44. The maximum absolute atomic E-state index is 5.44. The van der Waals surface area contributed by atoms with Gasteiger partial charge in [-0.2, -0.15) is 5.10 Å². The number of anilines is 1. The molecule has 134 valence electrons. The molecular formula is C21H23N3OS. The van der Waals surface area contributed by atoms with E-state index in [4.69, 9.17) is 4.74 Å². The lowest BCUT2D eigenvalue weighted by Crippen LogP contribution is -1.93. The highest BCUT2D eigenvalue weighted by Gasteiger charge is 2.10. The number of ether oxygens (including phenoxy) is 1. The van der Waals surface area contributed by atoms with E-state index in [1.165, 1.54) is 22.3 Å². The van der Waals surface area contributed by atoms with E-state index >= 15 is 0 Å². The second-order valence-corrected chi connectivity index (χ2v) is 7.04. The van der Waals surface area contributed by atoms with Crippen LogP contribution in [0, 0.1) is 20.8 Å². The quantitative estimate of drug-likeness (QED) is 0.458. The first kappa shape index (κ1) is 18.1. The molecule has 0 unspecified atom stereocenters. The second-order valence-electron chi connectivity index (χ2n) is 6.18. The van der Waals surface area contributed by atoms with Crippen molar-refractivity contribution >= 4 is 22.7 Å². The molecule has 1 aromatic heterocycles. The zero-order valence-corrected chi connectivity index (χ0v) is 16.4. The summed E-state index contributed by atoms with van der Waals surface area (Å²) in [6, 6.07) is 12.2. The van der Waals surface area contributed by atoms with Crippen molar-refractivity contribution in [2.45, 2.75) is 27.7 Å². The number of benzene rings is 2. The van der Waals surface area contributed by atoms with E-state index in [1.807, 2.05) is 31.2 Å². The fourth-order valence-electron chi connectivity index (χ4n) is 3.00. The summed E-state index contributed by atoms with van der Waals surface area (Å²) in [6.45, 7) is 9.02. The zero-order valence-electron chi connectivity index (χ0n) is 15.5. The van der Waals surface area contributed by atoms with Gasteiger partial charge >= 0.3 is 0 Å². The Morgan fingerprint density at radius 1 is 1.12 bits per heavy atom. The average Bonchev–Trinajstić information content (AvgIpc) is 3.04. The van der Waals surface area contributed by atoms with E-state index in [1.54, 1.807) is 17.6 Å². The summed E-state index contributed by atoms with van der Waals surface area (Å²) >= 11 is 1.55. The third-order valence-electron chi connectivity index (χ3n) is 4.00. The van der Waals surface area contributed by atoms with Crippen molar-refractivity contribution in [1.29, 1.82) is 0 Å². The fraction of sp³-hybridized carbons (Fsp3) is 0.238. The Morgan fingerprint density at radius 2 is 1.81 bits per heavy atom. The van der Waals surface area contributed by atoms with Gasteiger partial charge in [-0.3, -0.25) is 5.43 Å². The molecule has 0 fully saturated rings. The maximum atomic E-state index is 5.44. The van der Waals surface area contributed by atoms with Crippen LogP contribution < -0.4 is 10.2 Å². The molecule has 5 heteroatoms. The summed E-state index contributed by atoms with van der Waals surface area (Å²) in [5, 5.41) is 7.13. The van der Waals surface area contributed by atoms with Gasteiger partial charge in [0.1, 0.15) is 5.75 Å². The van der Waals surface area contributed by atoms with E-state index < -0.39 is 0 Å². The van der Waals surface area contributed by atoms with Crippen LogP contribution >= 0.6 is 11.3 Å². The van der Waals surface area contributed by atoms with Gasteiger partial charge in [-0.1, -0.05) is 17.7 Å². The molecular weight excluding hydrogens is 342 g/mol. The first-order valence-electron chi connectivity index (χ1n) is 8.62. The van der Waals surface area contributed by atoms with Crippen molar-refractivity contribution in [2.24, 2.45) is 5.10 Å². The van der Waals surface area contributed by atoms with Crippen molar-refractivity contribution in [1.82, 2.24) is 4.98 Å². The first-order chi connectivity index (χ1) is 12.6. The summed E-state index contributed by atoms with van der Waals surface area (Å²) in [6.07, 6.45) is 1.78. The molecule has 2 aromatic carbocycles. The summed E-state index contributed by atoms with van der Waals surface area (Å²) in [5.41, 5.74) is 9.99. The second kappa shape index (κ2) is 8.15. The van der Waals surface area contributed by atoms with Crippen LogP contribution in [0.15, 0.2) is 46.9 Å². The number of nitrogens with zero attached hydrogens (tertiary/aromatic N) is 2. The van der Waals surface area contributed by atoms with Gasteiger partial charge in [0.15, 0.2) is 0 Å². The molecule has 0 bridgehead atoms. The van der Waals surface area contributed by atoms with Gasteiger partial charge in [-0.15, -0.1) is 11.3 Å². The Morgan fingerprint density at radius 3 is 2.46 bits per heavy atom. The Hall–Kier alpha value is -2.66. The van der Waals surface area contributed by atoms with E-state index in [2.05, 4.69) is 53.8 Å². The highest BCUT2D eigenvalue weighted by Crippen LogP contribution is 2.31. The predicted octanol–water partition coefficient (Wildman–Crippen LogP) is 5.58. The smallest absolute Gasteiger partial charge is 0.203 e. The predicted molar refractivity (Wildman–Crippen MR) is 111 cm³/mol. The summed E-state index contributed by atoms with van der Waals surface area (Å²) in [7, 11) is 0. The minimum Gasteiger partial charge on any atom is -0.494 e. The Balaban J connectivity index is 1.69. The van der Waals surface area contributed by atoms with E-state index in [-0.39, 0.29) is 0 Å². The molecule has 0 radical (unpaired) electrons. The first-order valence-corrected chi connectivity index (χ1v) is 9.50. The number of hydrogen-bond acceptors (Lipinski definition) is 5. The lowest BCUT2D eigenvalue weighted by molar-refractivity contribution is 0.340. The lowest BCUT2D eigenvalue weighted by Gasteiger charge is -2.08. The molecule has 0 atom stereocenters. The minimum absolute atomic E-state index is 0.668. The summed E-state index contributed by atoms with van der Waals surface area (Å²) in [5.74, 6) is 0.867. The molecule has 0 aliphatic heterocycles. The van der Waals surface area contributed by atoms with Crippen LogP contribution in [0.2, 0.25) is 0 Å². The number of thiazole rings is 1. The van der Waals surface area contributed by atoms with Gasteiger partial charge in [-0.25, -0.2) is 4.98 Å². The van der Waals surface area contributed by atoms with Crippen molar-refractivity contribution in [2.75, 3.05) is 12.0 Å². The van der Waals surface area contributed by atoms with E-state index in [0.717, 1.165) is 22.1 Å². The number of nitrogens with one attached hydrogen (secondary N) is 1. The highest BCUT2D eigenvalue weighted by atomic mass is 32.1. The molecule has 26 heavy (non-hydrogen) atoms. The third kappa shape index (κ3) is 4.29. The number of hydrogen-bond donors (Lipinski definition) is 1. The number of hydrazone groups is 1. The topological polar surface area (TPSA) is 46.5 Å². The maximum Gasteiger partial charge on any atom is 0.203 e. The van der Waals surface area contributed by atoms with Gasteiger partial charge in [0, 0.05) is 10.9 Å². The number of aryl methyl sites for hydroxylation is 3. The van der Waals surface area contributed by atoms with E-state index in [9.17, 15) is 0 Å². The lowest BCUT2D eigenvalue weighted by atomic mass is 9.98. The molecule has 0 saturated heterocycles. The Kier molecular flexibility index (Phi) is 5.68. The molecule has 0 aliphatic carbocycles. The monoisotopic (exact) mass is 365 g/mol. The van der Waals surface area contributed by atoms with E-state index in [0.29, 0.717) is 6.61 Å². The van der Waals surface area contributed by atoms with Crippen molar-refractivity contribution in [3.63, 3.8) is 0 Å². The molecule has 1 N–H and O–H groups in total. The van der Waals surface area contributed by atoms with Crippen LogP contribution in [0.3, 0.4) is 0 Å². The van der Waals surface area contributed by atoms with Gasteiger partial charge in [0.2, 0.25) is 5.13 Å². The summed E-state index contributed by atoms with van der Waals surface area (Å²) in [4.78, 5) is 4.68. The SMILES string of the molecule is CCOc1ccc(/C=N\Nc2nc(-c3c(C)cc(C)cc3C)cs2)cc1. The minimum atomic E-state index is 0.668. The van der Waals surface area contributed by atoms with Gasteiger partial charge in [0.05, 0.1) is 18.5 Å². The normalized spacial score (nSPS) is 11.1. The molecule has 4 nitrogen and oxygen atoms in total. The molecule has 0 saturated carbocycles. The number of aromatic nitrogens is 1. The van der Waals surface area contributed by atoms with Crippen LogP contribution in [0.4, 0.5) is 5.13 Å². The van der Waals surface area contributed by atoms with Crippen LogP contribution in [-0.2, 0) is 0 Å². The fourth-order valence-corrected chi connectivity index (χ4v) is 3.65. The third-order valence-corrected chi connectivity index (χ3v) is 4.75. The van der Waals surface area contributed by atoms with Crippen LogP contribution in [0.5, 0.6) is 5.75 Å². The zero-order chi connectivity index (χ0) is 18.5. The van der Waals surface area contributed by atoms with Crippen LogP contribution in [-0.4, -0.2) is 17.8 Å². The molecule has 3 aromatic rings. The average molecular weight is 366 g/mol. The van der Waals surface area contributed by atoms with Crippen LogP contribution in [0.25, 0.3) is 11.3 Å². The van der Waals surface area contributed by atoms with Gasteiger partial charge < -0.3 is 4.74 Å². The standard InChI is InChI=1S/C21H23N3OS/c1-5-25-18-8-6-17(7-9-18)12-22-24-21-23-19(13-26-21)20-15(3)10-14(2)11-16(20)4/h6-13H,5H2,1-4H3,(H,23,24)/b22-12-. The number of rotatable bonds is 6. The molecule has 0 spiro atoms. The largest absolute Gasteiger partial charge is 0.494 e. The molecule has 0 aliphatic rings. The molecule has 3 rings (SSSR count). The Labute approximate surface area is 158 Å². The van der Waals surface area contributed by atoms with Gasteiger partial charge in [0.25, 0.3) is 0 Å². The van der Waals surface area contributed by atoms with Gasteiger partial charge in [-0.05, 0) is 68.7 Å². The van der Waals surface area contributed by atoms with Crippen molar-refractivity contribution in [3.8, 4) is 17.0 Å². The highest BCUT2D eigenvalue weighted by molar-refractivity contribution is 7.14. The van der Waals surface area contributed by atoms with Crippen molar-refractivity contribution in [3.05, 3.63) is 64.0 Å². The van der Waals surface area contributed by atoms with Crippen LogP contribution in [0.1, 0.15) is 29.2 Å². The molecule has 1 heterocycles. The molecule has 0 amide bonds. The van der Waals surface area contributed by atoms with Crippen molar-refractivity contribution < 1.29 is 4.74 Å².